The summed E-state index contributed by atoms with van der Waals surface area (Å²) in [5, 5.41) is 17.4. The summed E-state index contributed by atoms with van der Waals surface area (Å²) in [6, 6.07) is 10.2. The van der Waals surface area contributed by atoms with Crippen LogP contribution in [0.4, 0.5) is 16.2 Å². The van der Waals surface area contributed by atoms with E-state index in [1.165, 1.54) is 17.5 Å². The summed E-state index contributed by atoms with van der Waals surface area (Å²) in [5.74, 6) is -0.534. The molecule has 1 aliphatic heterocycles. The van der Waals surface area contributed by atoms with Crippen LogP contribution in [0.15, 0.2) is 42.5 Å². The molecule has 2 aromatic heterocycles. The Kier molecular flexibility index (Phi) is 7.90. The van der Waals surface area contributed by atoms with Gasteiger partial charge in [0.05, 0.1) is 18.9 Å². The number of hydrogen-bond donors (Lipinski definition) is 4. The van der Waals surface area contributed by atoms with E-state index in [1.807, 2.05) is 0 Å². The first kappa shape index (κ1) is 27.7. The first-order chi connectivity index (χ1) is 17.9. The Morgan fingerprint density at radius 3 is 2.71 bits per heavy atom. The number of aliphatic hydroxyl groups is 1. The monoisotopic (exact) mass is 552 g/mol. The molecule has 3 aromatic rings. The number of nitrogens with one attached hydrogen (secondary N) is 1. The van der Waals surface area contributed by atoms with Gasteiger partial charge in [-0.2, -0.15) is 10.1 Å². The minimum Gasteiger partial charge on any atom is -0.465 e. The summed E-state index contributed by atoms with van der Waals surface area (Å²) in [7, 11) is -4.25. The number of benzene rings is 1. The average Bonchev–Trinajstić information content (AvgIpc) is 3.37. The number of para-hydroxylation sites is 1. The number of nitrogens with zero attached hydrogens (tertiary/aromatic N) is 3. The molecule has 3 heterocycles. The normalized spacial score (nSPS) is 25.7. The Hall–Kier alpha value is -3.29. The minimum absolute atomic E-state index is 0.0866. The fourth-order valence-corrected chi connectivity index (χ4v) is 5.59. The molecule has 1 aromatic carbocycles. The molecule has 15 heteroatoms. The van der Waals surface area contributed by atoms with Crippen molar-refractivity contribution in [2.45, 2.75) is 50.8 Å². The molecule has 4 rings (SSSR count). The van der Waals surface area contributed by atoms with E-state index >= 15 is 4.39 Å². The van der Waals surface area contributed by atoms with Gasteiger partial charge >= 0.3 is 13.7 Å². The lowest BCUT2D eigenvalue weighted by Crippen LogP contribution is -2.40. The molecule has 1 fully saturated rings. The number of esters is 1. The smallest absolute Gasteiger partial charge is 0.459 e. The molecule has 1 aliphatic rings. The first-order valence-corrected chi connectivity index (χ1v) is 13.4. The number of carbonyl (C=O) groups is 1. The van der Waals surface area contributed by atoms with Crippen LogP contribution in [0.5, 0.6) is 5.75 Å². The van der Waals surface area contributed by atoms with E-state index < -0.39 is 50.3 Å². The molecule has 6 atom stereocenters. The van der Waals surface area contributed by atoms with Gasteiger partial charge in [-0.15, -0.1) is 5.10 Å². The highest BCUT2D eigenvalue weighted by atomic mass is 31.2. The van der Waals surface area contributed by atoms with Gasteiger partial charge < -0.3 is 30.6 Å². The summed E-state index contributed by atoms with van der Waals surface area (Å²) in [6.45, 7) is 3.79. The van der Waals surface area contributed by atoms with Gasteiger partial charge in [0, 0.05) is 0 Å². The van der Waals surface area contributed by atoms with Crippen LogP contribution in [0.3, 0.4) is 0 Å². The number of alkyl halides is 1. The third kappa shape index (κ3) is 5.59. The van der Waals surface area contributed by atoms with Crippen molar-refractivity contribution in [1.29, 1.82) is 0 Å². The zero-order chi connectivity index (χ0) is 27.7. The molecule has 0 bridgehead atoms. The number of carbonyl (C=O) groups excluding carboxylic acids is 1. The lowest BCUT2D eigenvalue weighted by atomic mass is 9.93. The Morgan fingerprint density at radius 1 is 1.32 bits per heavy atom. The molecule has 0 spiro atoms. The van der Waals surface area contributed by atoms with Crippen LogP contribution in [0.2, 0.25) is 0 Å². The number of ether oxygens (including phenoxy) is 2. The van der Waals surface area contributed by atoms with Gasteiger partial charge in [0.15, 0.2) is 11.5 Å². The van der Waals surface area contributed by atoms with Crippen molar-refractivity contribution < 1.29 is 37.4 Å². The number of anilines is 2. The van der Waals surface area contributed by atoms with Crippen molar-refractivity contribution in [2.24, 2.45) is 0 Å². The molecule has 38 heavy (non-hydrogen) atoms. The van der Waals surface area contributed by atoms with Crippen molar-refractivity contribution in [2.75, 3.05) is 24.7 Å². The van der Waals surface area contributed by atoms with Gasteiger partial charge in [0.25, 0.3) is 0 Å². The van der Waals surface area contributed by atoms with Crippen LogP contribution in [0.1, 0.15) is 32.6 Å². The maximum atomic E-state index is 15.9. The fraction of sp³-hybridized carbons (Fsp3) is 0.435. The van der Waals surface area contributed by atoms with Crippen LogP contribution in [0.25, 0.3) is 5.52 Å². The number of aromatic nitrogens is 3. The van der Waals surface area contributed by atoms with E-state index in [9.17, 15) is 14.5 Å². The van der Waals surface area contributed by atoms with Crippen LogP contribution >= 0.6 is 7.75 Å². The molecule has 13 nitrogen and oxygen atoms in total. The van der Waals surface area contributed by atoms with Crippen LogP contribution in [0, 0.1) is 0 Å². The van der Waals surface area contributed by atoms with E-state index in [0.717, 1.165) is 6.92 Å². The Labute approximate surface area is 217 Å². The number of fused-ring (bicyclic) bond motifs is 1. The number of rotatable bonds is 10. The number of hydrogen-bond acceptors (Lipinski definition) is 11. The molecule has 0 saturated carbocycles. The minimum atomic E-state index is -4.25. The third-order valence-corrected chi connectivity index (χ3v) is 7.62. The second kappa shape index (κ2) is 10.8. The predicted molar refractivity (Wildman–Crippen MR) is 135 cm³/mol. The molecule has 1 unspecified atom stereocenters. The maximum Gasteiger partial charge on any atom is 0.459 e. The van der Waals surface area contributed by atoms with Crippen molar-refractivity contribution in [3.8, 4) is 5.75 Å². The summed E-state index contributed by atoms with van der Waals surface area (Å²) < 4.78 is 52.7. The average molecular weight is 553 g/mol. The Bertz CT molecular complexity index is 1340. The molecule has 0 amide bonds. The molecular formula is C23H30FN6O7P. The number of aliphatic hydroxyl groups excluding tert-OH is 1. The third-order valence-electron chi connectivity index (χ3n) is 5.98. The largest absolute Gasteiger partial charge is 0.465 e. The van der Waals surface area contributed by atoms with E-state index in [0.29, 0.717) is 5.52 Å². The zero-order valence-electron chi connectivity index (χ0n) is 21.0. The van der Waals surface area contributed by atoms with Gasteiger partial charge in [0.1, 0.15) is 35.6 Å². The highest BCUT2D eigenvalue weighted by Crippen LogP contribution is 2.49. The quantitative estimate of drug-likeness (QED) is 0.212. The molecule has 6 N–H and O–H groups in total. The van der Waals surface area contributed by atoms with Gasteiger partial charge in [0.2, 0.25) is 5.95 Å². The van der Waals surface area contributed by atoms with Gasteiger partial charge in [-0.25, -0.2) is 13.5 Å². The van der Waals surface area contributed by atoms with Crippen LogP contribution < -0.4 is 21.1 Å². The predicted octanol–water partition coefficient (Wildman–Crippen LogP) is 2.17. The summed E-state index contributed by atoms with van der Waals surface area (Å²) in [6.07, 6.45) is -4.28. The second-order valence-corrected chi connectivity index (χ2v) is 10.6. The molecular weight excluding hydrogens is 522 g/mol. The topological polar surface area (TPSA) is 186 Å². The zero-order valence-corrected chi connectivity index (χ0v) is 21.9. The van der Waals surface area contributed by atoms with Crippen molar-refractivity contribution in [1.82, 2.24) is 19.7 Å². The Morgan fingerprint density at radius 2 is 2.03 bits per heavy atom. The highest BCUT2D eigenvalue weighted by Gasteiger charge is 2.56. The first-order valence-electron chi connectivity index (χ1n) is 11.8. The van der Waals surface area contributed by atoms with Gasteiger partial charge in [-0.3, -0.25) is 9.32 Å². The standard InChI is InChI=1S/C23H30FN6O7P/c1-4-34-21(32)13(2)29-38(33,37-14-8-6-5-7-9-14)35-12-17-18(31)23(3,24)19(36-17)15-10-11-16-20(25)27-22(26)28-30(15)16/h5-11,13,17-19,31H,4,12H2,1-3H3,(H,29,33)(H4,25,26,27,28)/t13-,17+,18+,19-,23+,38?/m0/s1. The maximum absolute atomic E-state index is 15.9. The molecule has 206 valence electrons. The lowest BCUT2D eigenvalue weighted by molar-refractivity contribution is -0.144. The fourth-order valence-electron chi connectivity index (χ4n) is 4.08. The van der Waals surface area contributed by atoms with Crippen molar-refractivity contribution in [3.05, 3.63) is 48.2 Å². The van der Waals surface area contributed by atoms with E-state index in [2.05, 4.69) is 15.2 Å². The van der Waals surface area contributed by atoms with Crippen molar-refractivity contribution >= 4 is 31.0 Å². The molecule has 1 saturated heterocycles. The second-order valence-electron chi connectivity index (χ2n) is 8.86. The van der Waals surface area contributed by atoms with E-state index in [-0.39, 0.29) is 29.8 Å². The Balaban J connectivity index is 1.56. The van der Waals surface area contributed by atoms with Crippen LogP contribution in [-0.2, 0) is 23.4 Å². The SMILES string of the molecule is CCOC(=O)[C@H](C)NP(=O)(OC[C@H]1O[C@@H](c2ccc3c(N)nc(N)nn23)[C@](C)(F)[C@@H]1O)Oc1ccccc1. The summed E-state index contributed by atoms with van der Waals surface area (Å²) >= 11 is 0. The van der Waals surface area contributed by atoms with Crippen LogP contribution in [-0.4, -0.2) is 62.8 Å². The lowest BCUT2D eigenvalue weighted by Gasteiger charge is -2.25. The summed E-state index contributed by atoms with van der Waals surface area (Å²) in [4.78, 5) is 16.0. The number of nitrogen functional groups attached to an aromatic ring is 2. The number of nitrogens with two attached hydrogens (primary N) is 2. The van der Waals surface area contributed by atoms with E-state index in [4.69, 9.17) is 30.0 Å². The molecule has 0 aliphatic carbocycles. The highest BCUT2D eigenvalue weighted by molar-refractivity contribution is 7.52. The summed E-state index contributed by atoms with van der Waals surface area (Å²) in [5.41, 5.74) is 9.88. The van der Waals surface area contributed by atoms with Gasteiger partial charge in [-0.1, -0.05) is 18.2 Å². The van der Waals surface area contributed by atoms with E-state index in [1.54, 1.807) is 43.3 Å². The molecule has 0 radical (unpaired) electrons. The number of halogens is 1. The van der Waals surface area contributed by atoms with Gasteiger partial charge in [-0.05, 0) is 45.0 Å². The van der Waals surface area contributed by atoms with Crippen molar-refractivity contribution in [3.63, 3.8) is 0 Å².